The van der Waals surface area contributed by atoms with Crippen LogP contribution in [0, 0.1) is 5.41 Å². The Bertz CT molecular complexity index is 431. The van der Waals surface area contributed by atoms with Gasteiger partial charge < -0.3 is 8.85 Å². The highest BCUT2D eigenvalue weighted by molar-refractivity contribution is 6.74. The van der Waals surface area contributed by atoms with Gasteiger partial charge in [0.15, 0.2) is 16.6 Å². The Kier molecular flexibility index (Phi) is 8.63. The second-order valence-corrected chi connectivity index (χ2v) is 18.8. The molecule has 0 bridgehead atoms. The molecule has 0 aromatic heterocycles. The van der Waals surface area contributed by atoms with Crippen molar-refractivity contribution in [1.82, 2.24) is 4.90 Å². The second kappa shape index (κ2) is 9.88. The SMILES string of the molecule is CC[Si](CC)(CC)O[C@H](C)CN1CCC2(CC2)[C@H](O[Si](CC)(CC)CC)C1. The molecule has 0 unspecified atom stereocenters. The lowest BCUT2D eigenvalue weighted by molar-refractivity contribution is 0.00466. The molecular formula is C22H47NO2Si2. The standard InChI is InChI=1S/C22H47NO2Si2/c1-8-26(9-2,10-3)24-20(7)18-23-17-16-22(14-15-22)21(19-23)25-27(11-4,12-5)13-6/h20-21H,8-19H2,1-7H3/t20-,21-/m1/s1. The number of hydrogen-bond donors (Lipinski definition) is 0. The molecule has 1 heterocycles. The highest BCUT2D eigenvalue weighted by atomic mass is 28.4. The van der Waals surface area contributed by atoms with Crippen molar-refractivity contribution in [3.63, 3.8) is 0 Å². The minimum absolute atomic E-state index is 0.357. The van der Waals surface area contributed by atoms with Crippen LogP contribution in [0.3, 0.4) is 0 Å². The molecule has 2 atom stereocenters. The molecule has 160 valence electrons. The molecule has 0 amide bonds. The Labute approximate surface area is 171 Å². The summed E-state index contributed by atoms with van der Waals surface area (Å²) < 4.78 is 13.8. The smallest absolute Gasteiger partial charge is 0.192 e. The van der Waals surface area contributed by atoms with E-state index in [4.69, 9.17) is 8.85 Å². The summed E-state index contributed by atoms with van der Waals surface area (Å²) in [5, 5.41) is 0. The maximum absolute atomic E-state index is 7.05. The van der Waals surface area contributed by atoms with Gasteiger partial charge in [0.2, 0.25) is 0 Å². The molecule has 5 heteroatoms. The zero-order valence-electron chi connectivity index (χ0n) is 19.4. The van der Waals surface area contributed by atoms with E-state index >= 15 is 0 Å². The number of piperidine rings is 1. The van der Waals surface area contributed by atoms with Gasteiger partial charge in [-0.3, -0.25) is 4.90 Å². The normalized spacial score (nSPS) is 24.3. The van der Waals surface area contributed by atoms with Crippen LogP contribution in [0.2, 0.25) is 36.3 Å². The van der Waals surface area contributed by atoms with Crippen LogP contribution in [0.25, 0.3) is 0 Å². The summed E-state index contributed by atoms with van der Waals surface area (Å²) in [6.45, 7) is 19.9. The van der Waals surface area contributed by atoms with E-state index in [-0.39, 0.29) is 0 Å². The van der Waals surface area contributed by atoms with Gasteiger partial charge in [-0.1, -0.05) is 41.5 Å². The monoisotopic (exact) mass is 413 g/mol. The van der Waals surface area contributed by atoms with Crippen LogP contribution >= 0.6 is 0 Å². The molecule has 2 rings (SSSR count). The van der Waals surface area contributed by atoms with Gasteiger partial charge in [0.05, 0.1) is 12.2 Å². The van der Waals surface area contributed by atoms with Crippen molar-refractivity contribution >= 4 is 16.6 Å². The summed E-state index contributed by atoms with van der Waals surface area (Å²) in [6.07, 6.45) is 4.98. The van der Waals surface area contributed by atoms with Gasteiger partial charge in [-0.2, -0.15) is 0 Å². The second-order valence-electron chi connectivity index (χ2n) is 9.39. The first-order valence-corrected chi connectivity index (χ1v) is 17.0. The van der Waals surface area contributed by atoms with E-state index in [1.807, 2.05) is 0 Å². The maximum Gasteiger partial charge on any atom is 0.192 e. The van der Waals surface area contributed by atoms with Crippen LogP contribution in [0.1, 0.15) is 67.7 Å². The van der Waals surface area contributed by atoms with E-state index in [0.29, 0.717) is 17.6 Å². The van der Waals surface area contributed by atoms with Gasteiger partial charge in [-0.05, 0) is 74.4 Å². The molecule has 0 radical (unpaired) electrons. The van der Waals surface area contributed by atoms with E-state index in [1.54, 1.807) is 0 Å². The lowest BCUT2D eigenvalue weighted by Crippen LogP contribution is -2.53. The molecule has 2 fully saturated rings. The van der Waals surface area contributed by atoms with Gasteiger partial charge in [0.1, 0.15) is 0 Å². The Morgan fingerprint density at radius 1 is 0.852 bits per heavy atom. The van der Waals surface area contributed by atoms with E-state index in [1.165, 1.54) is 62.1 Å². The third kappa shape index (κ3) is 5.47. The fourth-order valence-corrected chi connectivity index (χ4v) is 11.1. The Morgan fingerprint density at radius 2 is 1.37 bits per heavy atom. The lowest BCUT2D eigenvalue weighted by atomic mass is 9.90. The van der Waals surface area contributed by atoms with Crippen LogP contribution in [-0.4, -0.2) is 53.4 Å². The van der Waals surface area contributed by atoms with Gasteiger partial charge in [-0.25, -0.2) is 0 Å². The average Bonchev–Trinajstić information content (AvgIpc) is 3.47. The van der Waals surface area contributed by atoms with E-state index in [0.717, 1.165) is 13.1 Å². The maximum atomic E-state index is 7.05. The minimum Gasteiger partial charge on any atom is -0.413 e. The summed E-state index contributed by atoms with van der Waals surface area (Å²) in [5.41, 5.74) is 0.535. The van der Waals surface area contributed by atoms with Crippen LogP contribution in [0.5, 0.6) is 0 Å². The van der Waals surface area contributed by atoms with Crippen molar-refractivity contribution in [2.24, 2.45) is 5.41 Å². The summed E-state index contributed by atoms with van der Waals surface area (Å²) in [7, 11) is -3.03. The molecule has 1 spiro atoms. The van der Waals surface area contributed by atoms with Gasteiger partial charge >= 0.3 is 0 Å². The molecule has 0 aromatic rings. The first kappa shape index (κ1) is 23.6. The third-order valence-corrected chi connectivity index (χ3v) is 17.6. The van der Waals surface area contributed by atoms with Crippen LogP contribution in [0.15, 0.2) is 0 Å². The molecule has 1 saturated carbocycles. The predicted molar refractivity (Wildman–Crippen MR) is 123 cm³/mol. The third-order valence-electron chi connectivity index (χ3n) is 8.15. The highest BCUT2D eigenvalue weighted by Gasteiger charge is 2.54. The Morgan fingerprint density at radius 3 is 1.81 bits per heavy atom. The van der Waals surface area contributed by atoms with Crippen LogP contribution < -0.4 is 0 Å². The summed E-state index contributed by atoms with van der Waals surface area (Å²) in [5.74, 6) is 0. The summed E-state index contributed by atoms with van der Waals surface area (Å²) in [6, 6.07) is 7.54. The molecule has 1 saturated heterocycles. The topological polar surface area (TPSA) is 21.7 Å². The molecule has 2 aliphatic rings. The average molecular weight is 414 g/mol. The number of rotatable bonds is 12. The number of likely N-dealkylation sites (tertiary alicyclic amines) is 1. The van der Waals surface area contributed by atoms with E-state index in [2.05, 4.69) is 53.4 Å². The van der Waals surface area contributed by atoms with Gasteiger partial charge in [0.25, 0.3) is 0 Å². The number of nitrogens with zero attached hydrogens (tertiary/aromatic N) is 1. The fourth-order valence-electron chi connectivity index (χ4n) is 5.25. The molecule has 27 heavy (non-hydrogen) atoms. The zero-order valence-corrected chi connectivity index (χ0v) is 21.4. The van der Waals surface area contributed by atoms with Crippen molar-refractivity contribution in [1.29, 1.82) is 0 Å². The summed E-state index contributed by atoms with van der Waals surface area (Å²) >= 11 is 0. The molecule has 1 aliphatic heterocycles. The van der Waals surface area contributed by atoms with Crippen molar-refractivity contribution < 1.29 is 8.85 Å². The van der Waals surface area contributed by atoms with Crippen LogP contribution in [-0.2, 0) is 8.85 Å². The van der Waals surface area contributed by atoms with Crippen molar-refractivity contribution in [2.75, 3.05) is 19.6 Å². The fraction of sp³-hybridized carbons (Fsp3) is 1.00. The van der Waals surface area contributed by atoms with Crippen LogP contribution in [0.4, 0.5) is 0 Å². The van der Waals surface area contributed by atoms with Crippen molar-refractivity contribution in [3.05, 3.63) is 0 Å². The number of hydrogen-bond acceptors (Lipinski definition) is 3. The predicted octanol–water partition coefficient (Wildman–Crippen LogP) is 6.27. The molecular weight excluding hydrogens is 366 g/mol. The van der Waals surface area contributed by atoms with Gasteiger partial charge in [-0.15, -0.1) is 0 Å². The molecule has 0 aromatic carbocycles. The summed E-state index contributed by atoms with van der Waals surface area (Å²) in [4.78, 5) is 2.67. The first-order valence-electron chi connectivity index (χ1n) is 11.9. The Hall–Kier alpha value is 0.314. The van der Waals surface area contributed by atoms with E-state index in [9.17, 15) is 0 Å². The van der Waals surface area contributed by atoms with E-state index < -0.39 is 16.6 Å². The Balaban J connectivity index is 1.98. The largest absolute Gasteiger partial charge is 0.413 e. The lowest BCUT2D eigenvalue weighted by Gasteiger charge is -2.45. The van der Waals surface area contributed by atoms with Gasteiger partial charge in [0, 0.05) is 13.1 Å². The molecule has 3 nitrogen and oxygen atoms in total. The highest BCUT2D eigenvalue weighted by Crippen LogP contribution is 2.55. The quantitative estimate of drug-likeness (QED) is 0.352. The molecule has 1 aliphatic carbocycles. The first-order chi connectivity index (χ1) is 12.9. The molecule has 0 N–H and O–H groups in total. The van der Waals surface area contributed by atoms with Crippen molar-refractivity contribution in [2.45, 2.75) is 116 Å². The minimum atomic E-state index is -1.53. The van der Waals surface area contributed by atoms with Crippen molar-refractivity contribution in [3.8, 4) is 0 Å². The zero-order chi connectivity index (χ0) is 20.1.